The number of carbonyl (C=O) groups excluding carboxylic acids is 1. The van der Waals surface area contributed by atoms with Gasteiger partial charge < -0.3 is 10.0 Å². The lowest BCUT2D eigenvalue weighted by Gasteiger charge is -2.25. The van der Waals surface area contributed by atoms with Crippen molar-refractivity contribution < 1.29 is 19.1 Å². The smallest absolute Gasteiger partial charge is 0.308 e. The summed E-state index contributed by atoms with van der Waals surface area (Å²) in [6, 6.07) is 5.16. The molecule has 1 aromatic heterocycles. The van der Waals surface area contributed by atoms with Crippen LogP contribution in [-0.4, -0.2) is 55.7 Å². The number of carboxylic acids is 1. The number of halogens is 1. The quantitative estimate of drug-likeness (QED) is 0.803. The van der Waals surface area contributed by atoms with Crippen molar-refractivity contribution in [3.05, 3.63) is 41.5 Å². The Bertz CT molecular complexity index is 764. The number of carbonyl (C=O) groups is 2. The molecule has 1 heterocycles. The molecular formula is C16H20FN5O3. The molecule has 2 atom stereocenters. The first kappa shape index (κ1) is 18.5. The van der Waals surface area contributed by atoms with E-state index < -0.39 is 23.7 Å². The van der Waals surface area contributed by atoms with Crippen LogP contribution in [0.3, 0.4) is 0 Å². The molecule has 2 rings (SSSR count). The van der Waals surface area contributed by atoms with Gasteiger partial charge in [-0.15, -0.1) is 5.10 Å². The standard InChI is InChI=1S/C16H20FN5O3/c1-10(16(24)25)9-21(3)15(23)14(22-11(2)18-19-20-22)8-12-5-4-6-13(17)7-12/h4-7,10,14H,8-9H2,1-3H3,(H,24,25). The number of aromatic nitrogens is 4. The Morgan fingerprint density at radius 1 is 1.40 bits per heavy atom. The molecule has 134 valence electrons. The number of carboxylic acid groups (broad SMARTS) is 1. The zero-order valence-corrected chi connectivity index (χ0v) is 14.3. The monoisotopic (exact) mass is 349 g/mol. The summed E-state index contributed by atoms with van der Waals surface area (Å²) in [7, 11) is 1.53. The van der Waals surface area contributed by atoms with E-state index >= 15 is 0 Å². The molecule has 0 radical (unpaired) electrons. The average molecular weight is 349 g/mol. The fourth-order valence-electron chi connectivity index (χ4n) is 2.53. The van der Waals surface area contributed by atoms with Crippen molar-refractivity contribution >= 4 is 11.9 Å². The highest BCUT2D eigenvalue weighted by molar-refractivity contribution is 5.81. The van der Waals surface area contributed by atoms with Crippen LogP contribution in [0.4, 0.5) is 4.39 Å². The SMILES string of the molecule is Cc1nnnn1C(Cc1cccc(F)c1)C(=O)N(C)CC(C)C(=O)O. The Hall–Kier alpha value is -2.84. The summed E-state index contributed by atoms with van der Waals surface area (Å²) in [5, 5.41) is 20.2. The second-order valence-electron chi connectivity index (χ2n) is 5.98. The molecule has 1 amide bonds. The van der Waals surface area contributed by atoms with Gasteiger partial charge in [-0.1, -0.05) is 19.1 Å². The van der Waals surface area contributed by atoms with Crippen molar-refractivity contribution in [1.29, 1.82) is 0 Å². The molecule has 2 aromatic rings. The molecule has 0 aliphatic heterocycles. The summed E-state index contributed by atoms with van der Waals surface area (Å²) < 4.78 is 14.8. The molecule has 9 heteroatoms. The predicted octanol–water partition coefficient (Wildman–Crippen LogP) is 1.08. The molecule has 8 nitrogen and oxygen atoms in total. The molecule has 0 saturated heterocycles. The van der Waals surface area contributed by atoms with E-state index in [0.29, 0.717) is 11.4 Å². The van der Waals surface area contributed by atoms with Crippen molar-refractivity contribution in [3.8, 4) is 0 Å². The largest absolute Gasteiger partial charge is 0.481 e. The Morgan fingerprint density at radius 2 is 2.12 bits per heavy atom. The lowest BCUT2D eigenvalue weighted by molar-refractivity contribution is -0.143. The molecule has 1 aromatic carbocycles. The van der Waals surface area contributed by atoms with Gasteiger partial charge in [0.05, 0.1) is 5.92 Å². The molecule has 0 fully saturated rings. The lowest BCUT2D eigenvalue weighted by atomic mass is 10.0. The number of tetrazole rings is 1. The zero-order chi connectivity index (χ0) is 18.6. The van der Waals surface area contributed by atoms with Gasteiger partial charge in [0, 0.05) is 20.0 Å². The van der Waals surface area contributed by atoms with E-state index in [1.165, 1.54) is 35.7 Å². The maximum absolute atomic E-state index is 13.5. The van der Waals surface area contributed by atoms with Gasteiger partial charge in [0.25, 0.3) is 0 Å². The van der Waals surface area contributed by atoms with Crippen LogP contribution >= 0.6 is 0 Å². The van der Waals surface area contributed by atoms with E-state index in [-0.39, 0.29) is 18.9 Å². The summed E-state index contributed by atoms with van der Waals surface area (Å²) in [4.78, 5) is 25.2. The van der Waals surface area contributed by atoms with E-state index in [4.69, 9.17) is 5.11 Å². The first-order chi connectivity index (χ1) is 11.8. The fraction of sp³-hybridized carbons (Fsp3) is 0.438. The molecular weight excluding hydrogens is 329 g/mol. The number of hydrogen-bond donors (Lipinski definition) is 1. The predicted molar refractivity (Wildman–Crippen MR) is 86.1 cm³/mol. The summed E-state index contributed by atoms with van der Waals surface area (Å²) in [6.45, 7) is 3.23. The number of benzene rings is 1. The number of rotatable bonds is 7. The third-order valence-corrected chi connectivity index (χ3v) is 3.90. The third kappa shape index (κ3) is 4.59. The first-order valence-electron chi connectivity index (χ1n) is 7.76. The number of aryl methyl sites for hydroxylation is 1. The first-order valence-corrected chi connectivity index (χ1v) is 7.76. The summed E-state index contributed by atoms with van der Waals surface area (Å²) in [6.07, 6.45) is 0.189. The summed E-state index contributed by atoms with van der Waals surface area (Å²) in [5.74, 6) is -1.99. The van der Waals surface area contributed by atoms with Crippen LogP contribution in [0, 0.1) is 18.7 Å². The molecule has 2 unspecified atom stereocenters. The van der Waals surface area contributed by atoms with Crippen molar-refractivity contribution in [2.75, 3.05) is 13.6 Å². The topological polar surface area (TPSA) is 101 Å². The van der Waals surface area contributed by atoms with Gasteiger partial charge in [-0.2, -0.15) is 0 Å². The van der Waals surface area contributed by atoms with Crippen molar-refractivity contribution in [2.24, 2.45) is 5.92 Å². The van der Waals surface area contributed by atoms with E-state index in [1.54, 1.807) is 19.1 Å². The second-order valence-corrected chi connectivity index (χ2v) is 5.98. The number of aliphatic carboxylic acids is 1. The number of hydrogen-bond acceptors (Lipinski definition) is 5. The molecule has 0 aliphatic carbocycles. The minimum absolute atomic E-state index is 0.0506. The third-order valence-electron chi connectivity index (χ3n) is 3.90. The van der Waals surface area contributed by atoms with Gasteiger partial charge in [0.1, 0.15) is 17.7 Å². The number of nitrogens with zero attached hydrogens (tertiary/aromatic N) is 5. The summed E-state index contributed by atoms with van der Waals surface area (Å²) >= 11 is 0. The van der Waals surface area contributed by atoms with Gasteiger partial charge in [-0.25, -0.2) is 9.07 Å². The Morgan fingerprint density at radius 3 is 2.68 bits per heavy atom. The van der Waals surface area contributed by atoms with Gasteiger partial charge in [-0.05, 0) is 35.0 Å². The van der Waals surface area contributed by atoms with Crippen molar-refractivity contribution in [3.63, 3.8) is 0 Å². The molecule has 0 spiro atoms. The molecule has 0 saturated carbocycles. The Kier molecular flexibility index (Phi) is 5.79. The maximum atomic E-state index is 13.5. The van der Waals surface area contributed by atoms with Crippen molar-refractivity contribution in [1.82, 2.24) is 25.1 Å². The van der Waals surface area contributed by atoms with E-state index in [1.807, 2.05) is 0 Å². The van der Waals surface area contributed by atoms with Crippen LogP contribution in [0.2, 0.25) is 0 Å². The Balaban J connectivity index is 2.27. The Labute approximate surface area is 144 Å². The molecule has 0 aliphatic rings. The van der Waals surface area contributed by atoms with Gasteiger partial charge in [0.2, 0.25) is 5.91 Å². The maximum Gasteiger partial charge on any atom is 0.308 e. The second kappa shape index (κ2) is 7.82. The van der Waals surface area contributed by atoms with E-state index in [9.17, 15) is 14.0 Å². The summed E-state index contributed by atoms with van der Waals surface area (Å²) in [5.41, 5.74) is 0.618. The number of likely N-dealkylation sites (N-methyl/N-ethyl adjacent to an activating group) is 1. The normalized spacial score (nSPS) is 13.3. The van der Waals surface area contributed by atoms with Gasteiger partial charge >= 0.3 is 5.97 Å². The fourth-order valence-corrected chi connectivity index (χ4v) is 2.53. The van der Waals surface area contributed by atoms with Crippen LogP contribution in [0.25, 0.3) is 0 Å². The highest BCUT2D eigenvalue weighted by Crippen LogP contribution is 2.18. The van der Waals surface area contributed by atoms with E-state index in [2.05, 4.69) is 15.5 Å². The van der Waals surface area contributed by atoms with Gasteiger partial charge in [-0.3, -0.25) is 9.59 Å². The van der Waals surface area contributed by atoms with Crippen LogP contribution in [0.1, 0.15) is 24.4 Å². The van der Waals surface area contributed by atoms with Crippen molar-refractivity contribution in [2.45, 2.75) is 26.3 Å². The highest BCUT2D eigenvalue weighted by Gasteiger charge is 2.28. The zero-order valence-electron chi connectivity index (χ0n) is 14.3. The van der Waals surface area contributed by atoms with Crippen LogP contribution in [-0.2, 0) is 16.0 Å². The molecule has 25 heavy (non-hydrogen) atoms. The molecule has 0 bridgehead atoms. The average Bonchev–Trinajstić information content (AvgIpc) is 2.97. The minimum atomic E-state index is -0.986. The van der Waals surface area contributed by atoms with E-state index in [0.717, 1.165) is 0 Å². The van der Waals surface area contributed by atoms with Gasteiger partial charge in [0.15, 0.2) is 0 Å². The van der Waals surface area contributed by atoms with Crippen LogP contribution in [0.15, 0.2) is 24.3 Å². The minimum Gasteiger partial charge on any atom is -0.481 e. The van der Waals surface area contributed by atoms with Crippen LogP contribution in [0.5, 0.6) is 0 Å². The highest BCUT2D eigenvalue weighted by atomic mass is 19.1. The van der Waals surface area contributed by atoms with Crippen LogP contribution < -0.4 is 0 Å². The number of amides is 1. The lowest BCUT2D eigenvalue weighted by Crippen LogP contribution is -2.40. The molecule has 1 N–H and O–H groups in total.